The van der Waals surface area contributed by atoms with Crippen molar-refractivity contribution in [2.45, 2.75) is 26.4 Å². The first-order valence-corrected chi connectivity index (χ1v) is 8.07. The molecule has 1 saturated heterocycles. The van der Waals surface area contributed by atoms with Gasteiger partial charge in [-0.1, -0.05) is 0 Å². The summed E-state index contributed by atoms with van der Waals surface area (Å²) in [5, 5.41) is 0. The quantitative estimate of drug-likeness (QED) is 0.471. The van der Waals surface area contributed by atoms with Crippen molar-refractivity contribution < 1.29 is 23.9 Å². The molecule has 0 radical (unpaired) electrons. The molecule has 1 amide bonds. The second-order valence-corrected chi connectivity index (χ2v) is 6.83. The smallest absolute Gasteiger partial charge is 0.410 e. The first-order chi connectivity index (χ1) is 11.7. The molecule has 7 nitrogen and oxygen atoms in total. The SMILES string of the molecule is CC(C)(C)OC(=O)N1CCN(c2ccc(C(=O)C=O)c(C=O)c2)CC1. The molecular weight excluding hydrogens is 324 g/mol. The molecule has 0 saturated carbocycles. The number of aldehydes is 2. The Bertz CT molecular complexity index is 685. The van der Waals surface area contributed by atoms with Crippen molar-refractivity contribution in [1.29, 1.82) is 0 Å². The maximum Gasteiger partial charge on any atom is 0.410 e. The first kappa shape index (κ1) is 18.6. The maximum atomic E-state index is 12.1. The summed E-state index contributed by atoms with van der Waals surface area (Å²) in [4.78, 5) is 49.1. The molecule has 0 aliphatic carbocycles. The molecule has 0 N–H and O–H groups in total. The van der Waals surface area contributed by atoms with Gasteiger partial charge in [0.15, 0.2) is 12.6 Å². The second kappa shape index (κ2) is 7.46. The van der Waals surface area contributed by atoms with Crippen molar-refractivity contribution in [3.63, 3.8) is 0 Å². The number of ketones is 1. The summed E-state index contributed by atoms with van der Waals surface area (Å²) in [6.45, 7) is 7.64. The fraction of sp³-hybridized carbons (Fsp3) is 0.444. The molecule has 1 heterocycles. The summed E-state index contributed by atoms with van der Waals surface area (Å²) < 4.78 is 5.36. The van der Waals surface area contributed by atoms with Crippen molar-refractivity contribution in [1.82, 2.24) is 4.90 Å². The largest absolute Gasteiger partial charge is 0.444 e. The summed E-state index contributed by atoms with van der Waals surface area (Å²) in [6.07, 6.45) is 0.423. The van der Waals surface area contributed by atoms with Gasteiger partial charge < -0.3 is 14.5 Å². The third kappa shape index (κ3) is 4.65. The molecule has 0 bridgehead atoms. The van der Waals surface area contributed by atoms with Crippen LogP contribution in [0.15, 0.2) is 18.2 Å². The average Bonchev–Trinajstić information content (AvgIpc) is 2.59. The van der Waals surface area contributed by atoms with Crippen LogP contribution < -0.4 is 4.90 Å². The molecule has 1 aliphatic heterocycles. The zero-order valence-electron chi connectivity index (χ0n) is 14.7. The number of benzene rings is 1. The Balaban J connectivity index is 2.05. The average molecular weight is 346 g/mol. The minimum atomic E-state index is -0.719. The zero-order chi connectivity index (χ0) is 18.6. The van der Waals surface area contributed by atoms with Crippen molar-refractivity contribution in [2.24, 2.45) is 0 Å². The highest BCUT2D eigenvalue weighted by Gasteiger charge is 2.26. The molecule has 0 atom stereocenters. The predicted octanol–water partition coefficient (Wildman–Crippen LogP) is 1.94. The van der Waals surface area contributed by atoms with E-state index in [4.69, 9.17) is 4.74 Å². The van der Waals surface area contributed by atoms with Gasteiger partial charge in [0.25, 0.3) is 0 Å². The molecule has 0 spiro atoms. The summed E-state index contributed by atoms with van der Waals surface area (Å²) in [7, 11) is 0. The number of carbonyl (C=O) groups is 4. The van der Waals surface area contributed by atoms with Crippen LogP contribution in [0.5, 0.6) is 0 Å². The van der Waals surface area contributed by atoms with Gasteiger partial charge in [-0.15, -0.1) is 0 Å². The zero-order valence-corrected chi connectivity index (χ0v) is 14.7. The third-order valence-corrected chi connectivity index (χ3v) is 3.83. The molecular formula is C18H22N2O5. The van der Waals surface area contributed by atoms with E-state index in [0.29, 0.717) is 32.5 Å². The molecule has 1 aromatic rings. The Kier molecular flexibility index (Phi) is 5.56. The number of piperazine rings is 1. The third-order valence-electron chi connectivity index (χ3n) is 3.83. The molecule has 0 aromatic heterocycles. The molecule has 1 aromatic carbocycles. The number of nitrogens with zero attached hydrogens (tertiary/aromatic N) is 2. The van der Waals surface area contributed by atoms with Gasteiger partial charge in [0.2, 0.25) is 5.78 Å². The minimum Gasteiger partial charge on any atom is -0.444 e. The number of anilines is 1. The number of ether oxygens (including phenoxy) is 1. The molecule has 134 valence electrons. The highest BCUT2D eigenvalue weighted by Crippen LogP contribution is 2.21. The van der Waals surface area contributed by atoms with Gasteiger partial charge in [-0.05, 0) is 39.0 Å². The van der Waals surface area contributed by atoms with Crippen LogP contribution in [0.25, 0.3) is 0 Å². The van der Waals surface area contributed by atoms with Crippen LogP contribution >= 0.6 is 0 Å². The normalized spacial score (nSPS) is 14.8. The van der Waals surface area contributed by atoms with Gasteiger partial charge in [-0.25, -0.2) is 4.79 Å². The first-order valence-electron chi connectivity index (χ1n) is 8.07. The van der Waals surface area contributed by atoms with Crippen LogP contribution in [0, 0.1) is 0 Å². The number of hydrogen-bond donors (Lipinski definition) is 0. The summed E-state index contributed by atoms with van der Waals surface area (Å²) >= 11 is 0. The minimum absolute atomic E-state index is 0.0983. The topological polar surface area (TPSA) is 84.0 Å². The van der Waals surface area contributed by atoms with E-state index in [1.165, 1.54) is 6.07 Å². The van der Waals surface area contributed by atoms with Crippen LogP contribution in [-0.4, -0.2) is 61.1 Å². The Morgan fingerprint density at radius 1 is 1.08 bits per heavy atom. The fourth-order valence-corrected chi connectivity index (χ4v) is 2.61. The Morgan fingerprint density at radius 2 is 1.72 bits per heavy atom. The van der Waals surface area contributed by atoms with Crippen LogP contribution in [0.2, 0.25) is 0 Å². The van der Waals surface area contributed by atoms with Crippen molar-refractivity contribution >= 4 is 30.1 Å². The molecule has 2 rings (SSSR count). The Labute approximate surface area is 146 Å². The van der Waals surface area contributed by atoms with E-state index in [9.17, 15) is 19.2 Å². The van der Waals surface area contributed by atoms with E-state index in [-0.39, 0.29) is 23.5 Å². The van der Waals surface area contributed by atoms with Crippen molar-refractivity contribution in [3.8, 4) is 0 Å². The van der Waals surface area contributed by atoms with E-state index in [2.05, 4.69) is 0 Å². The molecule has 0 unspecified atom stereocenters. The van der Waals surface area contributed by atoms with Crippen LogP contribution in [0.3, 0.4) is 0 Å². The van der Waals surface area contributed by atoms with E-state index in [0.717, 1.165) is 5.69 Å². The van der Waals surface area contributed by atoms with Gasteiger partial charge in [0.05, 0.1) is 0 Å². The van der Waals surface area contributed by atoms with Crippen LogP contribution in [-0.2, 0) is 9.53 Å². The van der Waals surface area contributed by atoms with E-state index in [1.807, 2.05) is 25.7 Å². The number of rotatable bonds is 4. The highest BCUT2D eigenvalue weighted by molar-refractivity contribution is 6.34. The lowest BCUT2D eigenvalue weighted by Gasteiger charge is -2.36. The number of Topliss-reactive ketones (excluding diaryl/α,β-unsaturated/α-hetero) is 1. The maximum absolute atomic E-state index is 12.1. The fourth-order valence-electron chi connectivity index (χ4n) is 2.61. The Morgan fingerprint density at radius 3 is 2.24 bits per heavy atom. The summed E-state index contributed by atoms with van der Waals surface area (Å²) in [6, 6.07) is 4.77. The standard InChI is InChI=1S/C18H22N2O5/c1-18(2,3)25-17(24)20-8-6-19(7-9-20)14-4-5-15(16(23)12-22)13(10-14)11-21/h4-5,10-12H,6-9H2,1-3H3. The van der Waals surface area contributed by atoms with E-state index < -0.39 is 11.4 Å². The van der Waals surface area contributed by atoms with Crippen molar-refractivity contribution in [2.75, 3.05) is 31.1 Å². The van der Waals surface area contributed by atoms with Crippen LogP contribution in [0.4, 0.5) is 10.5 Å². The van der Waals surface area contributed by atoms with E-state index in [1.54, 1.807) is 17.0 Å². The van der Waals surface area contributed by atoms with Gasteiger partial charge >= 0.3 is 6.09 Å². The molecule has 1 fully saturated rings. The van der Waals surface area contributed by atoms with Crippen LogP contribution in [0.1, 0.15) is 41.5 Å². The molecule has 7 heteroatoms. The summed E-state index contributed by atoms with van der Waals surface area (Å²) in [5.41, 5.74) is 0.521. The summed E-state index contributed by atoms with van der Waals surface area (Å²) in [5.74, 6) is -0.719. The lowest BCUT2D eigenvalue weighted by Crippen LogP contribution is -2.50. The monoisotopic (exact) mass is 346 g/mol. The van der Waals surface area contributed by atoms with Gasteiger partial charge in [-0.3, -0.25) is 14.4 Å². The second-order valence-electron chi connectivity index (χ2n) is 6.83. The van der Waals surface area contributed by atoms with Gasteiger partial charge in [0.1, 0.15) is 5.60 Å². The van der Waals surface area contributed by atoms with Gasteiger partial charge in [0, 0.05) is 43.0 Å². The Hall–Kier alpha value is -2.70. The van der Waals surface area contributed by atoms with Gasteiger partial charge in [-0.2, -0.15) is 0 Å². The highest BCUT2D eigenvalue weighted by atomic mass is 16.6. The molecule has 25 heavy (non-hydrogen) atoms. The van der Waals surface area contributed by atoms with Crippen molar-refractivity contribution in [3.05, 3.63) is 29.3 Å². The number of amides is 1. The lowest BCUT2D eigenvalue weighted by molar-refractivity contribution is -0.104. The number of hydrogen-bond acceptors (Lipinski definition) is 6. The van der Waals surface area contributed by atoms with E-state index >= 15 is 0 Å². The molecule has 1 aliphatic rings. The predicted molar refractivity (Wildman–Crippen MR) is 92.2 cm³/mol. The number of carbonyl (C=O) groups excluding carboxylic acids is 4. The lowest BCUT2D eigenvalue weighted by atomic mass is 10.0.